The zero-order valence-corrected chi connectivity index (χ0v) is 15.3. The molecule has 3 rings (SSSR count). The number of rotatable bonds is 6. The molecule has 0 bridgehead atoms. The van der Waals surface area contributed by atoms with E-state index in [0.29, 0.717) is 40.4 Å². The number of aromatic nitrogens is 2. The molecule has 0 saturated carbocycles. The van der Waals surface area contributed by atoms with Crippen molar-refractivity contribution in [2.45, 2.75) is 27.3 Å². The van der Waals surface area contributed by atoms with Crippen molar-refractivity contribution < 1.29 is 14.0 Å². The fourth-order valence-electron chi connectivity index (χ4n) is 2.65. The number of hydrogen-bond acceptors (Lipinski definition) is 6. The molecular weight excluding hydrogens is 342 g/mol. The Morgan fingerprint density at radius 3 is 2.92 bits per heavy atom. The maximum Gasteiger partial charge on any atom is 0.326 e. The van der Waals surface area contributed by atoms with Gasteiger partial charge < -0.3 is 14.6 Å². The van der Waals surface area contributed by atoms with Crippen molar-refractivity contribution in [1.29, 1.82) is 0 Å². The molecule has 3 heterocycles. The van der Waals surface area contributed by atoms with Crippen LogP contribution in [0, 0.1) is 12.8 Å². The molecule has 0 atom stereocenters. The van der Waals surface area contributed by atoms with Gasteiger partial charge in [0, 0.05) is 19.6 Å². The summed E-state index contributed by atoms with van der Waals surface area (Å²) in [6.07, 6.45) is 2.80. The first-order chi connectivity index (χ1) is 12.0. The highest BCUT2D eigenvalue weighted by Gasteiger charge is 2.32. The minimum Gasteiger partial charge on any atom is -0.451 e. The van der Waals surface area contributed by atoms with Crippen LogP contribution in [0.4, 0.5) is 9.93 Å². The zero-order chi connectivity index (χ0) is 18.0. The van der Waals surface area contributed by atoms with Gasteiger partial charge in [-0.15, -0.1) is 0 Å². The summed E-state index contributed by atoms with van der Waals surface area (Å²) >= 11 is 1.24. The molecule has 1 aliphatic heterocycles. The van der Waals surface area contributed by atoms with Gasteiger partial charge in [0.1, 0.15) is 11.1 Å². The quantitative estimate of drug-likeness (QED) is 0.850. The highest BCUT2D eigenvalue weighted by atomic mass is 32.1. The number of anilines is 1. The van der Waals surface area contributed by atoms with Crippen LogP contribution in [0.25, 0.3) is 0 Å². The molecule has 0 unspecified atom stereocenters. The van der Waals surface area contributed by atoms with Crippen LogP contribution in [0.2, 0.25) is 0 Å². The number of carbonyl (C=O) groups excluding carboxylic acids is 2. The van der Waals surface area contributed by atoms with Crippen LogP contribution in [0.3, 0.4) is 0 Å². The second kappa shape index (κ2) is 7.22. The molecule has 0 spiro atoms. The van der Waals surface area contributed by atoms with Gasteiger partial charge in [-0.2, -0.15) is 0 Å². The Hall–Kier alpha value is -2.42. The summed E-state index contributed by atoms with van der Waals surface area (Å²) in [5, 5.41) is 3.36. The number of nitrogens with zero attached hydrogens (tertiary/aromatic N) is 4. The van der Waals surface area contributed by atoms with Crippen LogP contribution in [0.1, 0.15) is 34.9 Å². The lowest BCUT2D eigenvalue weighted by Gasteiger charge is -2.18. The van der Waals surface area contributed by atoms with Crippen molar-refractivity contribution in [3.8, 4) is 0 Å². The first-order valence-corrected chi connectivity index (χ1v) is 8.96. The normalized spacial score (nSPS) is 14.6. The Bertz CT molecular complexity index is 756. The molecule has 1 N–H and O–H groups in total. The van der Waals surface area contributed by atoms with Crippen LogP contribution in [0.5, 0.6) is 0 Å². The number of thiazole rings is 1. The third kappa shape index (κ3) is 3.81. The van der Waals surface area contributed by atoms with Crippen LogP contribution in [-0.2, 0) is 6.54 Å². The van der Waals surface area contributed by atoms with Crippen molar-refractivity contribution >= 4 is 28.4 Å². The summed E-state index contributed by atoms with van der Waals surface area (Å²) in [5.41, 5.74) is 1.27. The standard InChI is InChI=1S/C16H21N5O3S/c1-10(2)7-20-4-5-21(16(20)23)15-19-11(3)13(25-15)14(22)17-6-12-8-24-9-18-12/h8-10H,4-7H2,1-3H3,(H,17,22). The topological polar surface area (TPSA) is 91.6 Å². The van der Waals surface area contributed by atoms with Gasteiger partial charge >= 0.3 is 6.03 Å². The molecule has 3 amide bonds. The Morgan fingerprint density at radius 1 is 1.44 bits per heavy atom. The van der Waals surface area contributed by atoms with Gasteiger partial charge in [0.15, 0.2) is 11.5 Å². The first-order valence-electron chi connectivity index (χ1n) is 8.15. The predicted octanol–water partition coefficient (Wildman–Crippen LogP) is 2.27. The molecule has 2 aromatic rings. The molecule has 1 aliphatic rings. The average molecular weight is 363 g/mol. The van der Waals surface area contributed by atoms with Gasteiger partial charge in [-0.25, -0.2) is 14.8 Å². The second-order valence-corrected chi connectivity index (χ2v) is 7.33. The number of amides is 3. The zero-order valence-electron chi connectivity index (χ0n) is 14.5. The smallest absolute Gasteiger partial charge is 0.326 e. The molecule has 0 radical (unpaired) electrons. The number of nitrogens with one attached hydrogen (secondary N) is 1. The van der Waals surface area contributed by atoms with E-state index in [-0.39, 0.29) is 18.5 Å². The van der Waals surface area contributed by atoms with Crippen LogP contribution < -0.4 is 10.2 Å². The summed E-state index contributed by atoms with van der Waals surface area (Å²) in [6.45, 7) is 8.23. The molecule has 25 heavy (non-hydrogen) atoms. The van der Waals surface area contributed by atoms with Gasteiger partial charge in [0.2, 0.25) is 0 Å². The van der Waals surface area contributed by atoms with Gasteiger partial charge in [-0.3, -0.25) is 9.69 Å². The van der Waals surface area contributed by atoms with E-state index in [2.05, 4.69) is 29.1 Å². The molecule has 9 heteroatoms. The van der Waals surface area contributed by atoms with Crippen LogP contribution in [0.15, 0.2) is 17.1 Å². The van der Waals surface area contributed by atoms with Crippen molar-refractivity contribution in [2.75, 3.05) is 24.5 Å². The molecule has 8 nitrogen and oxygen atoms in total. The molecule has 0 aliphatic carbocycles. The third-order valence-electron chi connectivity index (χ3n) is 3.82. The summed E-state index contributed by atoms with van der Waals surface area (Å²) < 4.78 is 4.88. The fourth-order valence-corrected chi connectivity index (χ4v) is 3.66. The largest absolute Gasteiger partial charge is 0.451 e. The predicted molar refractivity (Wildman–Crippen MR) is 93.7 cm³/mol. The fraction of sp³-hybridized carbons (Fsp3) is 0.500. The lowest BCUT2D eigenvalue weighted by molar-refractivity contribution is 0.0953. The minimum absolute atomic E-state index is 0.0444. The van der Waals surface area contributed by atoms with E-state index in [1.54, 1.807) is 11.8 Å². The van der Waals surface area contributed by atoms with E-state index in [4.69, 9.17) is 4.42 Å². The lowest BCUT2D eigenvalue weighted by Crippen LogP contribution is -2.34. The third-order valence-corrected chi connectivity index (χ3v) is 5.00. The van der Waals surface area contributed by atoms with Crippen molar-refractivity contribution in [3.05, 3.63) is 28.9 Å². The van der Waals surface area contributed by atoms with Crippen LogP contribution in [-0.4, -0.2) is 46.4 Å². The number of oxazole rings is 1. The van der Waals surface area contributed by atoms with Crippen molar-refractivity contribution in [1.82, 2.24) is 20.2 Å². The van der Waals surface area contributed by atoms with E-state index >= 15 is 0 Å². The van der Waals surface area contributed by atoms with Gasteiger partial charge in [0.25, 0.3) is 5.91 Å². The Kier molecular flexibility index (Phi) is 5.03. The number of hydrogen-bond donors (Lipinski definition) is 1. The second-order valence-electron chi connectivity index (χ2n) is 6.35. The summed E-state index contributed by atoms with van der Waals surface area (Å²) in [6, 6.07) is -0.0444. The highest BCUT2D eigenvalue weighted by Crippen LogP contribution is 2.29. The SMILES string of the molecule is Cc1nc(N2CCN(CC(C)C)C2=O)sc1C(=O)NCc1cocn1. The number of carbonyl (C=O) groups is 2. The highest BCUT2D eigenvalue weighted by molar-refractivity contribution is 7.17. The molecule has 1 saturated heterocycles. The number of urea groups is 1. The maximum absolute atomic E-state index is 12.5. The van der Waals surface area contributed by atoms with Crippen molar-refractivity contribution in [3.63, 3.8) is 0 Å². The molecule has 0 aromatic carbocycles. The molecular formula is C16H21N5O3S. The van der Waals surface area contributed by atoms with E-state index in [1.165, 1.54) is 24.0 Å². The minimum atomic E-state index is -0.227. The summed E-state index contributed by atoms with van der Waals surface area (Å²) in [4.78, 5) is 37.2. The first kappa shape index (κ1) is 17.4. The molecule has 134 valence electrons. The molecule has 2 aromatic heterocycles. The number of aryl methyl sites for hydroxylation is 1. The monoisotopic (exact) mass is 363 g/mol. The van der Waals surface area contributed by atoms with Gasteiger partial charge in [-0.1, -0.05) is 25.2 Å². The van der Waals surface area contributed by atoms with E-state index in [0.717, 1.165) is 6.54 Å². The van der Waals surface area contributed by atoms with Crippen molar-refractivity contribution in [2.24, 2.45) is 5.92 Å². The Balaban J connectivity index is 1.68. The Morgan fingerprint density at radius 2 is 2.24 bits per heavy atom. The summed E-state index contributed by atoms with van der Waals surface area (Å²) in [7, 11) is 0. The Labute approximate surface area is 149 Å². The van der Waals surface area contributed by atoms with E-state index in [9.17, 15) is 9.59 Å². The summed E-state index contributed by atoms with van der Waals surface area (Å²) in [5.74, 6) is 0.190. The van der Waals surface area contributed by atoms with Crippen LogP contribution >= 0.6 is 11.3 Å². The van der Waals surface area contributed by atoms with E-state index < -0.39 is 0 Å². The maximum atomic E-state index is 12.5. The lowest BCUT2D eigenvalue weighted by atomic mass is 10.2. The molecule has 1 fully saturated rings. The average Bonchev–Trinajstić information content (AvgIpc) is 3.27. The van der Waals surface area contributed by atoms with E-state index in [1.807, 2.05) is 4.90 Å². The van der Waals surface area contributed by atoms with Gasteiger partial charge in [-0.05, 0) is 12.8 Å². The van der Waals surface area contributed by atoms with Gasteiger partial charge in [0.05, 0.1) is 17.9 Å².